The highest BCUT2D eigenvalue weighted by Crippen LogP contribution is 2.28. The van der Waals surface area contributed by atoms with Crippen molar-refractivity contribution in [3.8, 4) is 10.6 Å². The van der Waals surface area contributed by atoms with Gasteiger partial charge in [-0.25, -0.2) is 9.78 Å². The summed E-state index contributed by atoms with van der Waals surface area (Å²) in [5.41, 5.74) is 4.42. The smallest absolute Gasteiger partial charge is 0.336 e. The minimum atomic E-state index is -0.402. The Hall–Kier alpha value is -3.25. The maximum absolute atomic E-state index is 12.5. The van der Waals surface area contributed by atoms with Crippen molar-refractivity contribution in [1.82, 2.24) is 4.98 Å². The minimum Gasteiger partial charge on any atom is -0.423 e. The summed E-state index contributed by atoms with van der Waals surface area (Å²) in [6.07, 6.45) is 0. The second-order valence-corrected chi connectivity index (χ2v) is 7.18. The van der Waals surface area contributed by atoms with E-state index in [9.17, 15) is 9.59 Å². The molecule has 0 aliphatic heterocycles. The van der Waals surface area contributed by atoms with Gasteiger partial charge in [-0.1, -0.05) is 23.8 Å². The molecule has 2 aromatic heterocycles. The van der Waals surface area contributed by atoms with Crippen LogP contribution in [0.3, 0.4) is 0 Å². The standard InChI is InChI=1S/C21H16N2O3S/c1-12-3-6-16(13(2)9-12)21-23-17(11-27-21)20(25)22-15-5-7-18-14(10-15)4-8-19(24)26-18/h3-11H,1-2H3,(H,22,25). The molecule has 0 spiro atoms. The quantitative estimate of drug-likeness (QED) is 0.522. The largest absolute Gasteiger partial charge is 0.423 e. The van der Waals surface area contributed by atoms with Gasteiger partial charge in [-0.15, -0.1) is 11.3 Å². The molecule has 1 N–H and O–H groups in total. The second kappa shape index (κ2) is 6.81. The number of carbonyl (C=O) groups is 1. The molecule has 2 heterocycles. The number of carbonyl (C=O) groups excluding carboxylic acids is 1. The van der Waals surface area contributed by atoms with Crippen LogP contribution in [0.5, 0.6) is 0 Å². The third-order valence-corrected chi connectivity index (χ3v) is 5.10. The van der Waals surface area contributed by atoms with E-state index in [4.69, 9.17) is 4.42 Å². The maximum atomic E-state index is 12.5. The molecule has 0 aliphatic carbocycles. The van der Waals surface area contributed by atoms with Gasteiger partial charge in [-0.3, -0.25) is 4.79 Å². The van der Waals surface area contributed by atoms with Crippen LogP contribution in [0.25, 0.3) is 21.5 Å². The number of fused-ring (bicyclic) bond motifs is 1. The Morgan fingerprint density at radius 3 is 2.74 bits per heavy atom. The fourth-order valence-electron chi connectivity index (χ4n) is 2.90. The van der Waals surface area contributed by atoms with Crippen LogP contribution in [0, 0.1) is 13.8 Å². The summed E-state index contributed by atoms with van der Waals surface area (Å²) in [4.78, 5) is 28.3. The van der Waals surface area contributed by atoms with E-state index < -0.39 is 5.63 Å². The highest BCUT2D eigenvalue weighted by atomic mass is 32.1. The molecule has 0 unspecified atom stereocenters. The molecule has 0 saturated heterocycles. The van der Waals surface area contributed by atoms with Gasteiger partial charge in [-0.05, 0) is 43.7 Å². The summed E-state index contributed by atoms with van der Waals surface area (Å²) in [5.74, 6) is -0.279. The molecule has 0 saturated carbocycles. The Balaban J connectivity index is 1.58. The first kappa shape index (κ1) is 17.2. The molecule has 134 valence electrons. The van der Waals surface area contributed by atoms with Gasteiger partial charge in [0, 0.05) is 28.1 Å². The molecule has 4 rings (SSSR count). The lowest BCUT2D eigenvalue weighted by molar-refractivity contribution is 0.102. The Morgan fingerprint density at radius 2 is 1.93 bits per heavy atom. The monoisotopic (exact) mass is 376 g/mol. The Bertz CT molecular complexity index is 1220. The number of aryl methyl sites for hydroxylation is 2. The van der Waals surface area contributed by atoms with Crippen LogP contribution in [0.4, 0.5) is 5.69 Å². The van der Waals surface area contributed by atoms with Gasteiger partial charge in [0.1, 0.15) is 16.3 Å². The lowest BCUT2D eigenvalue weighted by atomic mass is 10.1. The summed E-state index contributed by atoms with van der Waals surface area (Å²) < 4.78 is 5.10. The molecule has 0 atom stereocenters. The first-order valence-electron chi connectivity index (χ1n) is 8.38. The average Bonchev–Trinajstić information content (AvgIpc) is 3.12. The van der Waals surface area contributed by atoms with Gasteiger partial charge in [0.2, 0.25) is 0 Å². The van der Waals surface area contributed by atoms with Gasteiger partial charge in [0.05, 0.1) is 0 Å². The number of benzene rings is 2. The van der Waals surface area contributed by atoms with Crippen molar-refractivity contribution in [2.45, 2.75) is 13.8 Å². The van der Waals surface area contributed by atoms with Crippen LogP contribution in [0.2, 0.25) is 0 Å². The van der Waals surface area contributed by atoms with Crippen LogP contribution < -0.4 is 10.9 Å². The van der Waals surface area contributed by atoms with E-state index >= 15 is 0 Å². The zero-order valence-electron chi connectivity index (χ0n) is 14.8. The molecule has 0 aliphatic rings. The normalized spacial score (nSPS) is 10.9. The molecule has 5 nitrogen and oxygen atoms in total. The molecule has 0 radical (unpaired) electrons. The zero-order valence-corrected chi connectivity index (χ0v) is 15.6. The lowest BCUT2D eigenvalue weighted by Crippen LogP contribution is -2.12. The molecule has 0 bridgehead atoms. The molecule has 0 fully saturated rings. The Morgan fingerprint density at radius 1 is 1.07 bits per heavy atom. The second-order valence-electron chi connectivity index (χ2n) is 6.32. The van der Waals surface area contributed by atoms with Crippen molar-refractivity contribution < 1.29 is 9.21 Å². The number of hydrogen-bond donors (Lipinski definition) is 1. The number of hydrogen-bond acceptors (Lipinski definition) is 5. The van der Waals surface area contributed by atoms with E-state index in [1.54, 1.807) is 29.6 Å². The van der Waals surface area contributed by atoms with Gasteiger partial charge in [0.25, 0.3) is 5.91 Å². The van der Waals surface area contributed by atoms with Crippen molar-refractivity contribution >= 4 is 33.9 Å². The van der Waals surface area contributed by atoms with Crippen molar-refractivity contribution in [2.24, 2.45) is 0 Å². The van der Waals surface area contributed by atoms with Crippen molar-refractivity contribution in [2.75, 3.05) is 5.32 Å². The average molecular weight is 376 g/mol. The first-order valence-corrected chi connectivity index (χ1v) is 9.26. The van der Waals surface area contributed by atoms with Crippen LogP contribution in [-0.2, 0) is 0 Å². The Kier molecular flexibility index (Phi) is 4.33. The number of anilines is 1. The third kappa shape index (κ3) is 3.52. The number of thiazole rings is 1. The van der Waals surface area contributed by atoms with Crippen molar-refractivity contribution in [3.05, 3.63) is 81.2 Å². The zero-order chi connectivity index (χ0) is 19.0. The van der Waals surface area contributed by atoms with E-state index in [0.717, 1.165) is 21.5 Å². The third-order valence-electron chi connectivity index (χ3n) is 4.23. The number of amides is 1. The number of nitrogens with zero attached hydrogens (tertiary/aromatic N) is 1. The van der Waals surface area contributed by atoms with Crippen LogP contribution in [0.15, 0.2) is 63.1 Å². The number of aromatic nitrogens is 1. The van der Waals surface area contributed by atoms with Crippen LogP contribution >= 0.6 is 11.3 Å². The van der Waals surface area contributed by atoms with Gasteiger partial charge < -0.3 is 9.73 Å². The lowest BCUT2D eigenvalue weighted by Gasteiger charge is -2.05. The van der Waals surface area contributed by atoms with E-state index in [2.05, 4.69) is 16.4 Å². The van der Waals surface area contributed by atoms with Crippen LogP contribution in [-0.4, -0.2) is 10.9 Å². The SMILES string of the molecule is Cc1ccc(-c2nc(C(=O)Nc3ccc4oc(=O)ccc4c3)cs2)c(C)c1. The number of rotatable bonds is 3. The summed E-state index contributed by atoms with van der Waals surface area (Å²) in [5, 5.41) is 6.15. The summed E-state index contributed by atoms with van der Waals surface area (Å²) in [6, 6.07) is 14.3. The van der Waals surface area contributed by atoms with Gasteiger partial charge in [-0.2, -0.15) is 0 Å². The molecule has 1 amide bonds. The summed E-state index contributed by atoms with van der Waals surface area (Å²) in [6.45, 7) is 4.09. The van der Waals surface area contributed by atoms with E-state index in [1.165, 1.54) is 23.0 Å². The highest BCUT2D eigenvalue weighted by molar-refractivity contribution is 7.13. The minimum absolute atomic E-state index is 0.279. The van der Waals surface area contributed by atoms with E-state index in [-0.39, 0.29) is 5.91 Å². The molecule has 2 aromatic carbocycles. The molecule has 4 aromatic rings. The fourth-order valence-corrected chi connectivity index (χ4v) is 3.79. The maximum Gasteiger partial charge on any atom is 0.336 e. The van der Waals surface area contributed by atoms with E-state index in [1.807, 2.05) is 26.0 Å². The Labute approximate surface area is 159 Å². The van der Waals surface area contributed by atoms with Crippen molar-refractivity contribution in [1.29, 1.82) is 0 Å². The molecule has 27 heavy (non-hydrogen) atoms. The highest BCUT2D eigenvalue weighted by Gasteiger charge is 2.14. The summed E-state index contributed by atoms with van der Waals surface area (Å²) in [7, 11) is 0. The first-order chi connectivity index (χ1) is 13.0. The van der Waals surface area contributed by atoms with Crippen molar-refractivity contribution in [3.63, 3.8) is 0 Å². The molecular weight excluding hydrogens is 360 g/mol. The van der Waals surface area contributed by atoms with Gasteiger partial charge >= 0.3 is 5.63 Å². The van der Waals surface area contributed by atoms with Gasteiger partial charge in [0.15, 0.2) is 0 Å². The number of nitrogens with one attached hydrogen (secondary N) is 1. The van der Waals surface area contributed by atoms with Crippen LogP contribution in [0.1, 0.15) is 21.6 Å². The predicted octanol–water partition coefficient (Wildman–Crippen LogP) is 4.79. The topological polar surface area (TPSA) is 72.2 Å². The predicted molar refractivity (Wildman–Crippen MR) is 107 cm³/mol. The molecule has 6 heteroatoms. The van der Waals surface area contributed by atoms with E-state index in [0.29, 0.717) is 17.0 Å². The fraction of sp³-hybridized carbons (Fsp3) is 0.0952. The molecular formula is C21H16N2O3S. The summed E-state index contributed by atoms with van der Waals surface area (Å²) >= 11 is 1.44.